The van der Waals surface area contributed by atoms with E-state index in [-0.39, 0.29) is 17.9 Å². The Morgan fingerprint density at radius 1 is 0.962 bits per heavy atom. The zero-order valence-electron chi connectivity index (χ0n) is 15.5. The van der Waals surface area contributed by atoms with Crippen molar-refractivity contribution in [2.75, 3.05) is 0 Å². The monoisotopic (exact) mass is 350 g/mol. The van der Waals surface area contributed by atoms with Crippen molar-refractivity contribution in [3.8, 4) is 11.5 Å². The molecule has 4 heteroatoms. The summed E-state index contributed by atoms with van der Waals surface area (Å²) in [5, 5.41) is 0. The lowest BCUT2D eigenvalue weighted by molar-refractivity contribution is -0.132. The first-order valence-electron chi connectivity index (χ1n) is 8.75. The Labute approximate surface area is 153 Å². The van der Waals surface area contributed by atoms with Crippen LogP contribution >= 0.6 is 0 Å². The number of allylic oxidation sites excluding steroid dienone is 2. The molecule has 1 atom stereocenters. The van der Waals surface area contributed by atoms with Gasteiger partial charge in [-0.05, 0) is 58.5 Å². The van der Waals surface area contributed by atoms with Crippen molar-refractivity contribution >= 4 is 23.1 Å². The second kappa shape index (κ2) is 7.16. The molecule has 0 saturated carbocycles. The van der Waals surface area contributed by atoms with Crippen LogP contribution in [0.5, 0.6) is 11.5 Å². The van der Waals surface area contributed by atoms with E-state index >= 15 is 0 Å². The molecule has 0 aromatic heterocycles. The number of hydrogen-bond donors (Lipinski definition) is 0. The number of rotatable bonds is 4. The van der Waals surface area contributed by atoms with E-state index in [1.54, 1.807) is 6.07 Å². The highest BCUT2D eigenvalue weighted by Gasteiger charge is 2.29. The zero-order chi connectivity index (χ0) is 18.8. The molecule has 0 N–H and O–H groups in total. The number of esters is 2. The van der Waals surface area contributed by atoms with E-state index < -0.39 is 0 Å². The van der Waals surface area contributed by atoms with Gasteiger partial charge in [0.25, 0.3) is 0 Å². The maximum atomic E-state index is 11.3. The molecule has 0 spiro atoms. The van der Waals surface area contributed by atoms with Crippen LogP contribution in [0.25, 0.3) is 11.1 Å². The lowest BCUT2D eigenvalue weighted by Crippen LogP contribution is -2.02. The summed E-state index contributed by atoms with van der Waals surface area (Å²) in [4.78, 5) is 22.5. The molecule has 2 aromatic carbocycles. The smallest absolute Gasteiger partial charge is 0.308 e. The van der Waals surface area contributed by atoms with E-state index in [4.69, 9.17) is 9.47 Å². The van der Waals surface area contributed by atoms with Crippen LogP contribution in [0.4, 0.5) is 0 Å². The van der Waals surface area contributed by atoms with Crippen molar-refractivity contribution in [1.29, 1.82) is 0 Å². The summed E-state index contributed by atoms with van der Waals surface area (Å²) >= 11 is 0. The molecule has 0 bridgehead atoms. The lowest BCUT2D eigenvalue weighted by Gasteiger charge is -2.13. The average molecular weight is 350 g/mol. The van der Waals surface area contributed by atoms with Crippen molar-refractivity contribution in [3.63, 3.8) is 0 Å². The van der Waals surface area contributed by atoms with Gasteiger partial charge in [0.2, 0.25) is 0 Å². The molecular formula is C22H22O4. The molecule has 0 saturated heterocycles. The first kappa shape index (κ1) is 17.9. The fourth-order valence-corrected chi connectivity index (χ4v) is 3.66. The number of benzene rings is 2. The van der Waals surface area contributed by atoms with Crippen molar-refractivity contribution in [2.45, 2.75) is 40.0 Å². The van der Waals surface area contributed by atoms with Crippen LogP contribution in [0, 0.1) is 0 Å². The van der Waals surface area contributed by atoms with Gasteiger partial charge >= 0.3 is 11.9 Å². The highest BCUT2D eigenvalue weighted by Crippen LogP contribution is 2.49. The van der Waals surface area contributed by atoms with Crippen molar-refractivity contribution in [1.82, 2.24) is 0 Å². The normalized spacial score (nSPS) is 15.6. The number of fused-ring (bicyclic) bond motifs is 1. The predicted octanol–water partition coefficient (Wildman–Crippen LogP) is 4.98. The summed E-state index contributed by atoms with van der Waals surface area (Å²) < 4.78 is 10.5. The molecular weight excluding hydrogens is 328 g/mol. The van der Waals surface area contributed by atoms with E-state index in [1.165, 1.54) is 30.6 Å². The third-order valence-corrected chi connectivity index (χ3v) is 4.60. The summed E-state index contributed by atoms with van der Waals surface area (Å²) in [7, 11) is 0. The van der Waals surface area contributed by atoms with Gasteiger partial charge in [-0.25, -0.2) is 0 Å². The third kappa shape index (κ3) is 3.40. The van der Waals surface area contributed by atoms with E-state index in [1.807, 2.05) is 36.4 Å². The molecule has 2 aromatic rings. The summed E-state index contributed by atoms with van der Waals surface area (Å²) in [6, 6.07) is 13.4. The van der Waals surface area contributed by atoms with Crippen LogP contribution in [-0.4, -0.2) is 11.9 Å². The lowest BCUT2D eigenvalue weighted by atomic mass is 9.92. The average Bonchev–Trinajstić information content (AvgIpc) is 2.85. The van der Waals surface area contributed by atoms with Crippen molar-refractivity contribution in [2.24, 2.45) is 0 Å². The second-order valence-electron chi connectivity index (χ2n) is 6.43. The molecule has 1 aliphatic carbocycles. The first-order chi connectivity index (χ1) is 12.4. The fourth-order valence-electron chi connectivity index (χ4n) is 3.66. The number of carbonyl (C=O) groups is 2. The molecule has 4 nitrogen and oxygen atoms in total. The number of hydrogen-bond acceptors (Lipinski definition) is 4. The molecule has 1 aliphatic rings. The Kier molecular flexibility index (Phi) is 4.94. The third-order valence-electron chi connectivity index (χ3n) is 4.60. The van der Waals surface area contributed by atoms with Crippen LogP contribution < -0.4 is 9.47 Å². The van der Waals surface area contributed by atoms with Gasteiger partial charge in [0.15, 0.2) is 0 Å². The summed E-state index contributed by atoms with van der Waals surface area (Å²) in [6.45, 7) is 7.08. The highest BCUT2D eigenvalue weighted by atomic mass is 16.5. The molecule has 134 valence electrons. The molecule has 0 amide bonds. The van der Waals surface area contributed by atoms with Gasteiger partial charge in [0, 0.05) is 19.8 Å². The van der Waals surface area contributed by atoms with Gasteiger partial charge in [-0.3, -0.25) is 9.59 Å². The molecule has 0 fully saturated rings. The molecule has 0 unspecified atom stereocenters. The number of ether oxygens (including phenoxy) is 2. The quantitative estimate of drug-likeness (QED) is 0.577. The maximum Gasteiger partial charge on any atom is 0.308 e. The van der Waals surface area contributed by atoms with Gasteiger partial charge in [-0.15, -0.1) is 0 Å². The number of carbonyl (C=O) groups excluding carboxylic acids is 2. The van der Waals surface area contributed by atoms with Gasteiger partial charge < -0.3 is 9.47 Å². The van der Waals surface area contributed by atoms with Crippen LogP contribution in [0.1, 0.15) is 56.7 Å². The standard InChI is InChI=1S/C22H22O4/c1-5-19-21-12-18(26-15(4)24)9-10-20(21)13(2)22(19)16-7-6-8-17(11-16)25-14(3)23/h6-13H,5H2,1-4H3/t13-/m1/s1. The van der Waals surface area contributed by atoms with E-state index in [0.29, 0.717) is 11.5 Å². The minimum absolute atomic E-state index is 0.207. The Hall–Kier alpha value is -2.88. The predicted molar refractivity (Wildman–Crippen MR) is 101 cm³/mol. The van der Waals surface area contributed by atoms with Crippen molar-refractivity contribution < 1.29 is 19.1 Å². The summed E-state index contributed by atoms with van der Waals surface area (Å²) in [5.74, 6) is 0.651. The topological polar surface area (TPSA) is 52.6 Å². The Bertz CT molecular complexity index is 908. The molecule has 0 heterocycles. The zero-order valence-corrected chi connectivity index (χ0v) is 15.5. The van der Waals surface area contributed by atoms with Crippen LogP contribution in [0.15, 0.2) is 42.5 Å². The summed E-state index contributed by atoms with van der Waals surface area (Å²) in [6.07, 6.45) is 0.855. The first-order valence-corrected chi connectivity index (χ1v) is 8.75. The van der Waals surface area contributed by atoms with Crippen LogP contribution in [-0.2, 0) is 9.59 Å². The minimum Gasteiger partial charge on any atom is -0.427 e. The highest BCUT2D eigenvalue weighted by molar-refractivity contribution is 5.99. The van der Waals surface area contributed by atoms with Gasteiger partial charge in [-0.2, -0.15) is 0 Å². The second-order valence-corrected chi connectivity index (χ2v) is 6.43. The van der Waals surface area contributed by atoms with Gasteiger partial charge in [0.05, 0.1) is 0 Å². The Morgan fingerprint density at radius 3 is 2.23 bits per heavy atom. The molecule has 3 rings (SSSR count). The largest absolute Gasteiger partial charge is 0.427 e. The van der Waals surface area contributed by atoms with Crippen LogP contribution in [0.3, 0.4) is 0 Å². The van der Waals surface area contributed by atoms with Crippen LogP contribution in [0.2, 0.25) is 0 Å². The summed E-state index contributed by atoms with van der Waals surface area (Å²) in [5.41, 5.74) is 5.81. The molecule has 0 radical (unpaired) electrons. The Balaban J connectivity index is 2.08. The minimum atomic E-state index is -0.333. The van der Waals surface area contributed by atoms with Gasteiger partial charge in [-0.1, -0.05) is 32.0 Å². The SMILES string of the molecule is CCC1=C(c2cccc(OC(C)=O)c2)[C@H](C)c2ccc(OC(C)=O)cc21. The molecule has 26 heavy (non-hydrogen) atoms. The van der Waals surface area contributed by atoms with E-state index in [0.717, 1.165) is 17.5 Å². The van der Waals surface area contributed by atoms with Gasteiger partial charge in [0.1, 0.15) is 11.5 Å². The maximum absolute atomic E-state index is 11.3. The molecule has 0 aliphatic heterocycles. The van der Waals surface area contributed by atoms with E-state index in [2.05, 4.69) is 13.8 Å². The Morgan fingerprint density at radius 2 is 1.62 bits per heavy atom. The fraction of sp³-hybridized carbons (Fsp3) is 0.273. The van der Waals surface area contributed by atoms with E-state index in [9.17, 15) is 9.59 Å². The van der Waals surface area contributed by atoms with Crippen molar-refractivity contribution in [3.05, 3.63) is 59.2 Å².